The quantitative estimate of drug-likeness (QED) is 0.308. The van der Waals surface area contributed by atoms with Gasteiger partial charge >= 0.3 is 0 Å². The molecule has 6 heteroatoms. The third-order valence-corrected chi connectivity index (χ3v) is 8.22. The smallest absolute Gasteiger partial charge is 0.224 e. The molecule has 0 bridgehead atoms. The number of benzene rings is 1. The Morgan fingerprint density at radius 3 is 2.63 bits per heavy atom. The second-order valence-corrected chi connectivity index (χ2v) is 11.0. The third kappa shape index (κ3) is 8.09. The van der Waals surface area contributed by atoms with Gasteiger partial charge in [0.15, 0.2) is 5.78 Å². The number of hydrogen-bond donors (Lipinski definition) is 1. The van der Waals surface area contributed by atoms with Crippen LogP contribution in [0.15, 0.2) is 30.9 Å². The van der Waals surface area contributed by atoms with Crippen LogP contribution in [0.4, 0.5) is 0 Å². The molecule has 1 N–H and O–H groups in total. The summed E-state index contributed by atoms with van der Waals surface area (Å²) in [4.78, 5) is 42.9. The van der Waals surface area contributed by atoms with Gasteiger partial charge < -0.3 is 5.32 Å². The summed E-state index contributed by atoms with van der Waals surface area (Å²) in [5.74, 6) is -0.00741. The minimum atomic E-state index is -0.443. The number of Topliss-reactive ketones (excluding diaryl/α,β-unsaturated/α-hetero) is 1. The number of aryl methyl sites for hydroxylation is 1. The van der Waals surface area contributed by atoms with E-state index >= 15 is 0 Å². The molecule has 1 saturated carbocycles. The first-order valence-electron chi connectivity index (χ1n) is 13.3. The Morgan fingerprint density at radius 1 is 1.17 bits per heavy atom. The fraction of sp³-hybridized carbons (Fsp3) is 0.586. The summed E-state index contributed by atoms with van der Waals surface area (Å²) in [7, 11) is 0. The molecule has 1 aromatic heterocycles. The Morgan fingerprint density at radius 2 is 1.94 bits per heavy atom. The van der Waals surface area contributed by atoms with Crippen molar-refractivity contribution < 1.29 is 14.4 Å². The van der Waals surface area contributed by atoms with Crippen LogP contribution in [0.3, 0.4) is 0 Å². The highest BCUT2D eigenvalue weighted by Crippen LogP contribution is 2.30. The molecule has 1 fully saturated rings. The summed E-state index contributed by atoms with van der Waals surface area (Å²) in [5.41, 5.74) is 2.22. The predicted octanol–water partition coefficient (Wildman–Crippen LogP) is 6.38. The molecule has 5 nitrogen and oxygen atoms in total. The van der Waals surface area contributed by atoms with Crippen LogP contribution < -0.4 is 5.32 Å². The van der Waals surface area contributed by atoms with Gasteiger partial charge in [-0.3, -0.25) is 14.4 Å². The third-order valence-electron chi connectivity index (χ3n) is 7.18. The number of thiazole rings is 1. The van der Waals surface area contributed by atoms with Gasteiger partial charge in [0.2, 0.25) is 5.91 Å². The monoisotopic (exact) mass is 496 g/mol. The number of carbonyl (C=O) groups is 3. The number of fused-ring (bicyclic) bond motifs is 1. The van der Waals surface area contributed by atoms with E-state index in [-0.39, 0.29) is 29.9 Å². The van der Waals surface area contributed by atoms with Crippen LogP contribution in [0, 0.1) is 11.8 Å². The Balaban J connectivity index is 1.78. The highest BCUT2D eigenvalue weighted by Gasteiger charge is 2.30. The topological polar surface area (TPSA) is 76.1 Å². The van der Waals surface area contributed by atoms with Gasteiger partial charge in [-0.15, -0.1) is 11.3 Å². The number of hydrogen-bond acceptors (Lipinski definition) is 5. The van der Waals surface area contributed by atoms with E-state index in [2.05, 4.69) is 31.0 Å². The second-order valence-electron chi connectivity index (χ2n) is 9.88. The van der Waals surface area contributed by atoms with Crippen LogP contribution in [0.5, 0.6) is 0 Å². The van der Waals surface area contributed by atoms with Gasteiger partial charge in [-0.1, -0.05) is 45.8 Å². The molecular weight excluding hydrogens is 456 g/mol. The van der Waals surface area contributed by atoms with E-state index in [0.717, 1.165) is 53.7 Å². The Kier molecular flexibility index (Phi) is 10.6. The summed E-state index contributed by atoms with van der Waals surface area (Å²) in [6.45, 7) is 7.71. The molecular formula is C29H40N2O3S. The summed E-state index contributed by atoms with van der Waals surface area (Å²) in [5, 5.41) is 4.18. The van der Waals surface area contributed by atoms with Crippen molar-refractivity contribution in [2.75, 3.05) is 0 Å². The lowest BCUT2D eigenvalue weighted by Crippen LogP contribution is -2.45. The molecule has 2 aromatic rings. The van der Waals surface area contributed by atoms with Gasteiger partial charge in [0.1, 0.15) is 5.78 Å². The van der Waals surface area contributed by atoms with E-state index in [1.165, 1.54) is 18.1 Å². The lowest BCUT2D eigenvalue weighted by atomic mass is 9.81. The highest BCUT2D eigenvalue weighted by molar-refractivity contribution is 7.18. The molecule has 1 heterocycles. The van der Waals surface area contributed by atoms with Crippen LogP contribution in [-0.2, 0) is 27.2 Å². The normalized spacial score (nSPS) is 16.1. The van der Waals surface area contributed by atoms with Gasteiger partial charge in [0.05, 0.1) is 21.1 Å². The lowest BCUT2D eigenvalue weighted by Gasteiger charge is -2.32. The number of aromatic nitrogens is 1. The average molecular weight is 497 g/mol. The maximum absolute atomic E-state index is 13.6. The number of nitrogens with one attached hydrogen (secondary N) is 1. The minimum absolute atomic E-state index is 0.00987. The predicted molar refractivity (Wildman–Crippen MR) is 144 cm³/mol. The Labute approximate surface area is 213 Å². The van der Waals surface area contributed by atoms with Gasteiger partial charge in [0, 0.05) is 31.7 Å². The van der Waals surface area contributed by atoms with E-state index in [4.69, 9.17) is 4.98 Å². The second kappa shape index (κ2) is 13.7. The molecule has 1 aromatic carbocycles. The Hall–Kier alpha value is -2.34. The summed E-state index contributed by atoms with van der Waals surface area (Å²) in [6, 6.07) is 6.27. The molecule has 0 radical (unpaired) electrons. The van der Waals surface area contributed by atoms with Crippen molar-refractivity contribution in [3.8, 4) is 0 Å². The van der Waals surface area contributed by atoms with Gasteiger partial charge in [-0.25, -0.2) is 4.98 Å². The van der Waals surface area contributed by atoms with Crippen LogP contribution in [-0.4, -0.2) is 28.5 Å². The van der Waals surface area contributed by atoms with Crippen molar-refractivity contribution in [2.45, 2.75) is 96.9 Å². The van der Waals surface area contributed by atoms with Crippen molar-refractivity contribution in [3.05, 3.63) is 41.4 Å². The average Bonchev–Trinajstić information content (AvgIpc) is 3.27. The van der Waals surface area contributed by atoms with Crippen molar-refractivity contribution in [1.29, 1.82) is 0 Å². The van der Waals surface area contributed by atoms with Gasteiger partial charge in [0.25, 0.3) is 0 Å². The maximum atomic E-state index is 13.6. The lowest BCUT2D eigenvalue weighted by molar-refractivity contribution is -0.130. The number of allylic oxidation sites excluding steroid dienone is 1. The molecule has 1 aliphatic rings. The molecule has 190 valence electrons. The van der Waals surface area contributed by atoms with Gasteiger partial charge in [-0.2, -0.15) is 0 Å². The number of carbonyl (C=O) groups excluding carboxylic acids is 3. The van der Waals surface area contributed by atoms with Crippen molar-refractivity contribution in [3.63, 3.8) is 0 Å². The fourth-order valence-electron chi connectivity index (χ4n) is 5.11. The zero-order chi connectivity index (χ0) is 25.2. The first-order chi connectivity index (χ1) is 16.9. The molecule has 2 atom stereocenters. The zero-order valence-electron chi connectivity index (χ0n) is 21.3. The van der Waals surface area contributed by atoms with Crippen LogP contribution in [0.1, 0.15) is 88.6 Å². The molecule has 1 aliphatic carbocycles. The van der Waals surface area contributed by atoms with E-state index in [1.807, 2.05) is 13.0 Å². The summed E-state index contributed by atoms with van der Waals surface area (Å²) >= 11 is 1.62. The largest absolute Gasteiger partial charge is 0.353 e. The van der Waals surface area contributed by atoms with Crippen molar-refractivity contribution >= 4 is 39.0 Å². The fourth-order valence-corrected chi connectivity index (χ4v) is 6.22. The van der Waals surface area contributed by atoms with Crippen molar-refractivity contribution in [2.24, 2.45) is 11.8 Å². The van der Waals surface area contributed by atoms with E-state index < -0.39 is 5.92 Å². The van der Waals surface area contributed by atoms with Crippen LogP contribution >= 0.6 is 11.3 Å². The molecule has 1 amide bonds. The maximum Gasteiger partial charge on any atom is 0.224 e. The molecule has 0 unspecified atom stereocenters. The molecule has 0 spiro atoms. The molecule has 0 saturated heterocycles. The number of nitrogens with zero attached hydrogens (tertiary/aromatic N) is 1. The zero-order valence-corrected chi connectivity index (χ0v) is 22.1. The van der Waals surface area contributed by atoms with Crippen LogP contribution in [0.2, 0.25) is 0 Å². The number of amides is 1. The number of ketones is 2. The first kappa shape index (κ1) is 27.3. The highest BCUT2D eigenvalue weighted by atomic mass is 32.1. The van der Waals surface area contributed by atoms with Crippen molar-refractivity contribution in [1.82, 2.24) is 10.3 Å². The molecule has 35 heavy (non-hydrogen) atoms. The van der Waals surface area contributed by atoms with Gasteiger partial charge in [-0.05, 0) is 61.8 Å². The van der Waals surface area contributed by atoms with E-state index in [1.54, 1.807) is 11.3 Å². The molecule has 3 rings (SSSR count). The summed E-state index contributed by atoms with van der Waals surface area (Å²) in [6.07, 6.45) is 11.0. The Bertz CT molecular complexity index is 1020. The first-order valence-corrected chi connectivity index (χ1v) is 14.1. The minimum Gasteiger partial charge on any atom is -0.353 e. The van der Waals surface area contributed by atoms with E-state index in [0.29, 0.717) is 31.6 Å². The standard InChI is InChI=1S/C29H40N2O3S/c1-4-10-24(33)18-22(19-28-30-26-15-13-20(5-2)17-27(26)35-28)29(34)31-25(16-14-23(32)6-3)21-11-8-7-9-12-21/h6,13,15,17,21-22,25H,3-5,7-12,14,16,18-19H2,1-2H3,(H,31,34)/t22-,25+/m0/s1. The number of rotatable bonds is 14. The van der Waals surface area contributed by atoms with Crippen LogP contribution in [0.25, 0.3) is 10.2 Å². The SMILES string of the molecule is C=CC(=O)CC[C@@H](NC(=O)[C@@H](CC(=O)CCC)Cc1nc2ccc(CC)cc2s1)C1CCCCC1. The molecule has 0 aliphatic heterocycles. The summed E-state index contributed by atoms with van der Waals surface area (Å²) < 4.78 is 1.13. The van der Waals surface area contributed by atoms with E-state index in [9.17, 15) is 14.4 Å².